The number of ether oxygens (including phenoxy) is 2. The summed E-state index contributed by atoms with van der Waals surface area (Å²) >= 11 is 0.901. The van der Waals surface area contributed by atoms with E-state index in [-0.39, 0.29) is 16.7 Å². The third-order valence-corrected chi connectivity index (χ3v) is 4.63. The molecule has 0 spiro atoms. The van der Waals surface area contributed by atoms with Gasteiger partial charge in [0.1, 0.15) is 6.61 Å². The van der Waals surface area contributed by atoms with Crippen molar-refractivity contribution in [2.24, 2.45) is 4.99 Å². The molecule has 0 radical (unpaired) electrons. The Kier molecular flexibility index (Phi) is 6.23. The molecule has 7 nitrogen and oxygen atoms in total. The van der Waals surface area contributed by atoms with Crippen LogP contribution in [0.15, 0.2) is 76.6 Å². The van der Waals surface area contributed by atoms with Crippen LogP contribution in [0.5, 0.6) is 0 Å². The lowest BCUT2D eigenvalue weighted by Crippen LogP contribution is -2.29. The van der Waals surface area contributed by atoms with Gasteiger partial charge in [-0.25, -0.2) is 9.59 Å². The monoisotopic (exact) mass is 396 g/mol. The highest BCUT2D eigenvalue weighted by molar-refractivity contribution is 8.19. The highest BCUT2D eigenvalue weighted by Gasteiger charge is 2.36. The van der Waals surface area contributed by atoms with Gasteiger partial charge in [0.25, 0.3) is 5.91 Å². The van der Waals surface area contributed by atoms with E-state index in [0.29, 0.717) is 5.69 Å². The fraction of sp³-hybridized carbons (Fsp3) is 0.100. The Balaban J connectivity index is 1.84. The molecule has 0 aromatic heterocycles. The summed E-state index contributed by atoms with van der Waals surface area (Å²) < 4.78 is 9.73. The van der Waals surface area contributed by atoms with E-state index in [2.05, 4.69) is 9.73 Å². The summed E-state index contributed by atoms with van der Waals surface area (Å²) in [5, 5.41) is 0.101. The first-order chi connectivity index (χ1) is 13.6. The number of hydrogen-bond acceptors (Lipinski definition) is 6. The lowest BCUT2D eigenvalue weighted by molar-refractivity contribution is -0.135. The highest BCUT2D eigenvalue weighted by Crippen LogP contribution is 2.34. The Morgan fingerprint density at radius 1 is 1.07 bits per heavy atom. The van der Waals surface area contributed by atoms with Crippen molar-refractivity contribution >= 4 is 40.6 Å². The van der Waals surface area contributed by atoms with Crippen LogP contribution in [0.2, 0.25) is 0 Å². The predicted molar refractivity (Wildman–Crippen MR) is 106 cm³/mol. The zero-order chi connectivity index (χ0) is 19.9. The quantitative estimate of drug-likeness (QED) is 0.581. The van der Waals surface area contributed by atoms with Crippen LogP contribution in [-0.4, -0.2) is 30.2 Å². The molecule has 2 aromatic carbocycles. The minimum absolute atomic E-state index is 0.0608. The molecule has 2 aromatic rings. The van der Waals surface area contributed by atoms with Crippen LogP contribution < -0.4 is 4.90 Å². The number of benzene rings is 2. The molecule has 1 heterocycles. The SMILES string of the molecule is COC(=O)C=C1SC(=NC(=O)OCc2ccccc2)N(c2ccccc2)C1=O. The summed E-state index contributed by atoms with van der Waals surface area (Å²) in [7, 11) is 1.22. The Morgan fingerprint density at radius 2 is 1.71 bits per heavy atom. The number of aliphatic imine (C=N–C) groups is 1. The maximum atomic E-state index is 12.7. The number of hydrogen-bond donors (Lipinski definition) is 0. The summed E-state index contributed by atoms with van der Waals surface area (Å²) in [6, 6.07) is 17.9. The van der Waals surface area contributed by atoms with E-state index in [1.54, 1.807) is 30.3 Å². The summed E-state index contributed by atoms with van der Waals surface area (Å²) in [6.45, 7) is 0.0608. The van der Waals surface area contributed by atoms with Crippen molar-refractivity contribution in [2.45, 2.75) is 6.61 Å². The zero-order valence-electron chi connectivity index (χ0n) is 14.9. The average Bonchev–Trinajstić information content (AvgIpc) is 3.02. The van der Waals surface area contributed by atoms with Crippen LogP contribution in [0.25, 0.3) is 0 Å². The van der Waals surface area contributed by atoms with Gasteiger partial charge in [0, 0.05) is 6.08 Å². The van der Waals surface area contributed by atoms with Gasteiger partial charge in [-0.3, -0.25) is 9.69 Å². The molecule has 3 rings (SSSR count). The second-order valence-corrected chi connectivity index (χ2v) is 6.55. The molecule has 8 heteroatoms. The van der Waals surface area contributed by atoms with E-state index in [9.17, 15) is 14.4 Å². The number of carbonyl (C=O) groups excluding carboxylic acids is 3. The number of amidine groups is 1. The van der Waals surface area contributed by atoms with Crippen molar-refractivity contribution in [3.05, 3.63) is 77.2 Å². The predicted octanol–water partition coefficient (Wildman–Crippen LogP) is 3.52. The molecule has 2 amide bonds. The number of esters is 1. The number of rotatable bonds is 4. The highest BCUT2D eigenvalue weighted by atomic mass is 32.2. The molecule has 0 aliphatic carbocycles. The van der Waals surface area contributed by atoms with Crippen LogP contribution in [-0.2, 0) is 25.7 Å². The van der Waals surface area contributed by atoms with E-state index in [0.717, 1.165) is 23.4 Å². The fourth-order valence-corrected chi connectivity index (χ4v) is 3.28. The molecule has 0 atom stereocenters. The van der Waals surface area contributed by atoms with Gasteiger partial charge in [-0.05, 0) is 29.5 Å². The standard InChI is InChI=1S/C20H16N2O5S/c1-26-17(23)12-16-18(24)22(15-10-6-3-7-11-15)19(28-16)21-20(25)27-13-14-8-4-2-5-9-14/h2-12H,13H2,1H3. The second-order valence-electron chi connectivity index (χ2n) is 5.54. The number of methoxy groups -OCH3 is 1. The lowest BCUT2D eigenvalue weighted by atomic mass is 10.2. The van der Waals surface area contributed by atoms with Gasteiger partial charge in [-0.15, -0.1) is 4.99 Å². The number of para-hydroxylation sites is 1. The van der Waals surface area contributed by atoms with Crippen molar-refractivity contribution in [1.82, 2.24) is 0 Å². The molecule has 0 bridgehead atoms. The van der Waals surface area contributed by atoms with Gasteiger partial charge < -0.3 is 9.47 Å². The molecule has 28 heavy (non-hydrogen) atoms. The van der Waals surface area contributed by atoms with Crippen LogP contribution >= 0.6 is 11.8 Å². The average molecular weight is 396 g/mol. The molecule has 0 N–H and O–H groups in total. The minimum atomic E-state index is -0.834. The molecule has 1 aliphatic rings. The van der Waals surface area contributed by atoms with Gasteiger partial charge in [-0.1, -0.05) is 48.5 Å². The van der Waals surface area contributed by atoms with E-state index in [1.165, 1.54) is 12.0 Å². The van der Waals surface area contributed by atoms with E-state index in [1.807, 2.05) is 30.3 Å². The molecule has 1 fully saturated rings. The Hall–Kier alpha value is -3.39. The van der Waals surface area contributed by atoms with Crippen LogP contribution in [0.4, 0.5) is 10.5 Å². The number of anilines is 1. The van der Waals surface area contributed by atoms with E-state index >= 15 is 0 Å². The van der Waals surface area contributed by atoms with Gasteiger partial charge >= 0.3 is 12.1 Å². The number of nitrogens with zero attached hydrogens (tertiary/aromatic N) is 2. The summed E-state index contributed by atoms with van der Waals surface area (Å²) in [5.41, 5.74) is 1.33. The van der Waals surface area contributed by atoms with Crippen LogP contribution in [0.3, 0.4) is 0 Å². The van der Waals surface area contributed by atoms with Crippen molar-refractivity contribution in [1.29, 1.82) is 0 Å². The second kappa shape index (κ2) is 9.01. The zero-order valence-corrected chi connectivity index (χ0v) is 15.7. The fourth-order valence-electron chi connectivity index (χ4n) is 2.35. The van der Waals surface area contributed by atoms with E-state index < -0.39 is 18.0 Å². The number of thioether (sulfide) groups is 1. The normalized spacial score (nSPS) is 16.5. The molecule has 0 saturated carbocycles. The van der Waals surface area contributed by atoms with Crippen molar-refractivity contribution < 1.29 is 23.9 Å². The first-order valence-corrected chi connectivity index (χ1v) is 9.06. The Labute approximate surface area is 165 Å². The molecule has 142 valence electrons. The molecular weight excluding hydrogens is 380 g/mol. The lowest BCUT2D eigenvalue weighted by Gasteiger charge is -2.15. The molecule has 1 saturated heterocycles. The van der Waals surface area contributed by atoms with Gasteiger partial charge in [0.05, 0.1) is 17.7 Å². The van der Waals surface area contributed by atoms with Crippen molar-refractivity contribution in [3.8, 4) is 0 Å². The van der Waals surface area contributed by atoms with E-state index in [4.69, 9.17) is 4.74 Å². The Morgan fingerprint density at radius 3 is 2.36 bits per heavy atom. The number of carbonyl (C=O) groups is 3. The summed E-state index contributed by atoms with van der Waals surface area (Å²) in [6.07, 6.45) is 0.236. The van der Waals surface area contributed by atoms with Crippen LogP contribution in [0.1, 0.15) is 5.56 Å². The molecule has 1 aliphatic heterocycles. The maximum absolute atomic E-state index is 12.7. The largest absolute Gasteiger partial charge is 0.466 e. The third kappa shape index (κ3) is 4.66. The smallest absolute Gasteiger partial charge is 0.436 e. The van der Waals surface area contributed by atoms with Crippen LogP contribution in [0, 0.1) is 0 Å². The van der Waals surface area contributed by atoms with Gasteiger partial charge in [-0.2, -0.15) is 0 Å². The minimum Gasteiger partial charge on any atom is -0.466 e. The van der Waals surface area contributed by atoms with Gasteiger partial charge in [0.2, 0.25) is 0 Å². The molecule has 0 unspecified atom stereocenters. The molecular formula is C20H16N2O5S. The van der Waals surface area contributed by atoms with Crippen molar-refractivity contribution in [2.75, 3.05) is 12.0 Å². The first-order valence-electron chi connectivity index (χ1n) is 8.25. The number of amides is 2. The first kappa shape index (κ1) is 19.4. The maximum Gasteiger partial charge on any atom is 0.436 e. The Bertz CT molecular complexity index is 942. The topological polar surface area (TPSA) is 85.3 Å². The van der Waals surface area contributed by atoms with Crippen molar-refractivity contribution in [3.63, 3.8) is 0 Å². The summed E-state index contributed by atoms with van der Waals surface area (Å²) in [5.74, 6) is -1.15. The van der Waals surface area contributed by atoms with Gasteiger partial charge in [0.15, 0.2) is 5.17 Å². The summed E-state index contributed by atoms with van der Waals surface area (Å²) in [4.78, 5) is 41.7. The third-order valence-electron chi connectivity index (χ3n) is 3.66.